The molecule has 0 radical (unpaired) electrons. The molecule has 2 aliphatic rings. The van der Waals surface area contributed by atoms with Crippen molar-refractivity contribution in [1.29, 1.82) is 0 Å². The number of aryl methyl sites for hydroxylation is 1. The van der Waals surface area contributed by atoms with Crippen LogP contribution in [0.1, 0.15) is 65.6 Å². The summed E-state index contributed by atoms with van der Waals surface area (Å²) in [4.78, 5) is 23.9. The van der Waals surface area contributed by atoms with Crippen LogP contribution in [-0.2, 0) is 10.9 Å². The second-order valence-electron chi connectivity index (χ2n) is 11.0. The number of alkyl halides is 3. The second kappa shape index (κ2) is 11.4. The number of halogens is 3. The van der Waals surface area contributed by atoms with Crippen molar-refractivity contribution in [2.45, 2.75) is 64.3 Å². The highest BCUT2D eigenvalue weighted by Crippen LogP contribution is 2.35. The van der Waals surface area contributed by atoms with E-state index in [1.165, 1.54) is 6.33 Å². The van der Waals surface area contributed by atoms with Crippen LogP contribution in [0, 0.1) is 19.1 Å². The normalized spacial score (nSPS) is 21.6. The zero-order chi connectivity index (χ0) is 28.5. The minimum atomic E-state index is -4.36. The average Bonchev–Trinajstić information content (AvgIpc) is 2.90. The molecule has 11 heteroatoms. The van der Waals surface area contributed by atoms with Crippen LogP contribution in [0.4, 0.5) is 13.2 Å². The number of hydrogen-bond acceptors (Lipinski definition) is 6. The smallest absolute Gasteiger partial charge is 0.416 e. The monoisotopic (exact) mass is 549 g/mol. The summed E-state index contributed by atoms with van der Waals surface area (Å²) in [6, 6.07) is 5.40. The van der Waals surface area contributed by atoms with Gasteiger partial charge in [-0.1, -0.05) is 17.1 Å². The van der Waals surface area contributed by atoms with Gasteiger partial charge in [0.15, 0.2) is 5.69 Å². The Morgan fingerprint density at radius 1 is 1.18 bits per heavy atom. The van der Waals surface area contributed by atoms with Crippen LogP contribution < -0.4 is 4.73 Å². The molecule has 2 saturated heterocycles. The van der Waals surface area contributed by atoms with Gasteiger partial charge in [-0.15, -0.1) is 0 Å². The van der Waals surface area contributed by atoms with Crippen molar-refractivity contribution in [1.82, 2.24) is 19.7 Å². The maximum absolute atomic E-state index is 13.3. The Labute approximate surface area is 227 Å². The Morgan fingerprint density at radius 3 is 2.38 bits per heavy atom. The molecule has 1 aromatic heterocycles. The lowest BCUT2D eigenvalue weighted by Crippen LogP contribution is -2.62. The first-order valence-corrected chi connectivity index (χ1v) is 13.4. The number of rotatable bonds is 6. The Balaban J connectivity index is 1.41. The van der Waals surface area contributed by atoms with Gasteiger partial charge in [-0.05, 0) is 51.3 Å². The number of carbonyl (C=O) groups is 1. The summed E-state index contributed by atoms with van der Waals surface area (Å²) in [5.41, 5.74) is 1.37. The quantitative estimate of drug-likeness (QED) is 0.404. The molecule has 0 N–H and O–H groups in total. The van der Waals surface area contributed by atoms with Gasteiger partial charge in [0.25, 0.3) is 12.2 Å². The zero-order valence-corrected chi connectivity index (χ0v) is 23.3. The predicted molar refractivity (Wildman–Crippen MR) is 140 cm³/mol. The van der Waals surface area contributed by atoms with E-state index in [9.17, 15) is 23.2 Å². The average molecular weight is 550 g/mol. The highest BCUT2D eigenvalue weighted by molar-refractivity contribution is 5.96. The van der Waals surface area contributed by atoms with Gasteiger partial charge in [0.1, 0.15) is 11.3 Å². The molecule has 4 rings (SSSR count). The van der Waals surface area contributed by atoms with Crippen molar-refractivity contribution < 1.29 is 27.4 Å². The van der Waals surface area contributed by atoms with Crippen molar-refractivity contribution in [3.63, 3.8) is 0 Å². The third-order valence-electron chi connectivity index (χ3n) is 8.54. The second-order valence-corrected chi connectivity index (χ2v) is 11.0. The molecule has 2 atom stereocenters. The molecule has 214 valence electrons. The summed E-state index contributed by atoms with van der Waals surface area (Å²) >= 11 is 0. The summed E-state index contributed by atoms with van der Waals surface area (Å²) in [7, 11) is 1.61. The van der Waals surface area contributed by atoms with Crippen LogP contribution in [0.2, 0.25) is 0 Å². The fourth-order valence-corrected chi connectivity index (χ4v) is 6.00. The molecule has 2 aromatic rings. The van der Waals surface area contributed by atoms with Gasteiger partial charge in [-0.3, -0.25) is 14.6 Å². The molecule has 0 bridgehead atoms. The van der Waals surface area contributed by atoms with Crippen LogP contribution in [0.15, 0.2) is 30.6 Å². The molecule has 0 saturated carbocycles. The molecule has 8 nitrogen and oxygen atoms in total. The van der Waals surface area contributed by atoms with Gasteiger partial charge in [0, 0.05) is 58.3 Å². The summed E-state index contributed by atoms with van der Waals surface area (Å²) < 4.78 is 45.3. The molecular formula is C28H38F3N5O3. The van der Waals surface area contributed by atoms with Gasteiger partial charge in [-0.25, -0.2) is 4.73 Å². The van der Waals surface area contributed by atoms with Crippen LogP contribution >= 0.6 is 0 Å². The Hall–Kier alpha value is -2.76. The third-order valence-corrected chi connectivity index (χ3v) is 8.54. The first kappa shape index (κ1) is 29.2. The zero-order valence-electron chi connectivity index (χ0n) is 23.3. The van der Waals surface area contributed by atoms with Crippen molar-refractivity contribution in [2.75, 3.05) is 46.4 Å². The fraction of sp³-hybridized carbons (Fsp3) is 0.607. The van der Waals surface area contributed by atoms with Gasteiger partial charge < -0.3 is 14.8 Å². The van der Waals surface area contributed by atoms with Crippen molar-refractivity contribution in [3.8, 4) is 0 Å². The number of benzene rings is 1. The lowest BCUT2D eigenvalue weighted by atomic mass is 9.86. The summed E-state index contributed by atoms with van der Waals surface area (Å²) in [6.07, 6.45) is -1.56. The number of piperazine rings is 1. The molecule has 2 aliphatic heterocycles. The molecule has 0 unspecified atom stereocenters. The SMILES string of the molecule is COC[C@@H](c1ccc(C(F)(F)F)cc1)N1CCN(C2(C)CCN(C(=O)c3c(C)nc[n+]([O-])c3C)CC2)C[C@@H]1C. The van der Waals surface area contributed by atoms with E-state index in [0.717, 1.165) is 50.2 Å². The highest BCUT2D eigenvalue weighted by Gasteiger charge is 2.42. The minimum absolute atomic E-state index is 0.0836. The van der Waals surface area contributed by atoms with Crippen LogP contribution in [-0.4, -0.2) is 83.6 Å². The topological polar surface area (TPSA) is 75.9 Å². The van der Waals surface area contributed by atoms with E-state index in [0.29, 0.717) is 41.4 Å². The number of aromatic nitrogens is 2. The van der Waals surface area contributed by atoms with Gasteiger partial charge in [-0.2, -0.15) is 13.2 Å². The summed E-state index contributed by atoms with van der Waals surface area (Å²) in [6.45, 7) is 11.7. The van der Waals surface area contributed by atoms with Crippen molar-refractivity contribution >= 4 is 5.91 Å². The van der Waals surface area contributed by atoms with E-state index in [1.807, 2.05) is 4.90 Å². The standard InChI is InChI=1S/C28H38F3N5O3/c1-19-16-34(14-15-35(19)24(17-39-5)22-6-8-23(9-7-22)28(29,30)31)27(4)10-12-33(13-11-27)26(37)25-20(2)32-18-36(38)21(25)3/h6-9,18-19,24H,10-17H2,1-5H3/t19-,24-/m0/s1. The number of hydrogen-bond donors (Lipinski definition) is 0. The number of methoxy groups -OCH3 is 1. The number of piperidine rings is 1. The van der Waals surface area contributed by atoms with Gasteiger partial charge in [0.05, 0.1) is 18.2 Å². The van der Waals surface area contributed by atoms with Crippen LogP contribution in [0.3, 0.4) is 0 Å². The molecule has 2 fully saturated rings. The van der Waals surface area contributed by atoms with Crippen LogP contribution in [0.5, 0.6) is 0 Å². The van der Waals surface area contributed by atoms with E-state index in [-0.39, 0.29) is 23.5 Å². The Kier molecular flexibility index (Phi) is 8.53. The number of carbonyl (C=O) groups excluding carboxylic acids is 1. The van der Waals surface area contributed by atoms with E-state index in [2.05, 4.69) is 28.6 Å². The first-order chi connectivity index (χ1) is 18.4. The van der Waals surface area contributed by atoms with E-state index >= 15 is 0 Å². The largest absolute Gasteiger partial charge is 0.711 e. The Bertz CT molecular complexity index is 1170. The predicted octanol–water partition coefficient (Wildman–Crippen LogP) is 3.74. The van der Waals surface area contributed by atoms with Gasteiger partial charge in [0.2, 0.25) is 0 Å². The van der Waals surface area contributed by atoms with Gasteiger partial charge >= 0.3 is 6.18 Å². The number of nitrogens with zero attached hydrogens (tertiary/aromatic N) is 5. The molecule has 0 aliphatic carbocycles. The fourth-order valence-electron chi connectivity index (χ4n) is 6.00. The maximum atomic E-state index is 13.3. The Morgan fingerprint density at radius 2 is 1.82 bits per heavy atom. The molecule has 39 heavy (non-hydrogen) atoms. The lowest BCUT2D eigenvalue weighted by Gasteiger charge is -2.52. The van der Waals surface area contributed by atoms with E-state index < -0.39 is 11.7 Å². The van der Waals surface area contributed by atoms with Crippen molar-refractivity contribution in [2.24, 2.45) is 0 Å². The van der Waals surface area contributed by atoms with Crippen LogP contribution in [0.25, 0.3) is 0 Å². The highest BCUT2D eigenvalue weighted by atomic mass is 19.4. The summed E-state index contributed by atoms with van der Waals surface area (Å²) in [5, 5.41) is 12.0. The molecule has 1 aromatic carbocycles. The minimum Gasteiger partial charge on any atom is -0.711 e. The van der Waals surface area contributed by atoms with Crippen molar-refractivity contribution in [3.05, 3.63) is 63.9 Å². The molecule has 0 spiro atoms. The third kappa shape index (κ3) is 6.05. The first-order valence-electron chi connectivity index (χ1n) is 13.4. The number of likely N-dealkylation sites (tertiary alicyclic amines) is 1. The maximum Gasteiger partial charge on any atom is 0.416 e. The summed E-state index contributed by atoms with van der Waals surface area (Å²) in [5.74, 6) is -0.151. The molecule has 1 amide bonds. The molecule has 3 heterocycles. The number of ether oxygens (including phenoxy) is 1. The van der Waals surface area contributed by atoms with E-state index in [1.54, 1.807) is 33.1 Å². The lowest BCUT2D eigenvalue weighted by molar-refractivity contribution is -0.615. The molecular weight excluding hydrogens is 511 g/mol. The number of amides is 1. The van der Waals surface area contributed by atoms with E-state index in [4.69, 9.17) is 4.74 Å².